The van der Waals surface area contributed by atoms with Crippen LogP contribution < -0.4 is 9.47 Å². The van der Waals surface area contributed by atoms with Crippen LogP contribution in [-0.2, 0) is 52.3 Å². The number of benzene rings is 4. The van der Waals surface area contributed by atoms with Gasteiger partial charge in [0.2, 0.25) is 5.95 Å². The molecular weight excluding hydrogens is 958 g/mol. The third-order valence-corrected chi connectivity index (χ3v) is 8.99. The van der Waals surface area contributed by atoms with Crippen molar-refractivity contribution in [2.75, 3.05) is 0 Å². The van der Waals surface area contributed by atoms with Crippen LogP contribution in [0.15, 0.2) is 110 Å². The van der Waals surface area contributed by atoms with Gasteiger partial charge in [-0.1, -0.05) is 76.8 Å². The van der Waals surface area contributed by atoms with E-state index in [0.717, 1.165) is 33.3 Å². The minimum absolute atomic E-state index is 0. The summed E-state index contributed by atoms with van der Waals surface area (Å²) in [7, 11) is 0. The van der Waals surface area contributed by atoms with Gasteiger partial charge in [0.05, 0.1) is 0 Å². The van der Waals surface area contributed by atoms with E-state index in [2.05, 4.69) is 103 Å². The average molecular weight is 994 g/mol. The second kappa shape index (κ2) is 16.0. The summed E-state index contributed by atoms with van der Waals surface area (Å²) in [4.78, 5) is 22.2. The fourth-order valence-corrected chi connectivity index (χ4v) is 6.13. The molecule has 0 N–H and O–H groups in total. The summed E-state index contributed by atoms with van der Waals surface area (Å²) in [5.41, 5.74) is 7.17. The quantitative estimate of drug-likeness (QED) is 0.116. The predicted octanol–water partition coefficient (Wildman–Crippen LogP) is 10.5. The molecular formula is C45H36N6O2PdPt. The molecule has 0 radical (unpaired) electrons. The molecule has 4 aromatic heterocycles. The van der Waals surface area contributed by atoms with Gasteiger partial charge in [-0.25, -0.2) is 15.0 Å². The van der Waals surface area contributed by atoms with Gasteiger partial charge in [-0.3, -0.25) is 0 Å². The van der Waals surface area contributed by atoms with Crippen LogP contribution in [0.25, 0.3) is 50.3 Å². The summed E-state index contributed by atoms with van der Waals surface area (Å²) in [5, 5.41) is 1.85. The van der Waals surface area contributed by atoms with E-state index in [-0.39, 0.29) is 52.3 Å². The zero-order chi connectivity index (χ0) is 36.7. The van der Waals surface area contributed by atoms with E-state index in [1.54, 1.807) is 0 Å². The van der Waals surface area contributed by atoms with E-state index in [0.29, 0.717) is 40.0 Å². The normalized spacial score (nSPS) is 11.5. The van der Waals surface area contributed by atoms with Crippen LogP contribution in [0.3, 0.4) is 0 Å². The first-order chi connectivity index (χ1) is 25.5. The molecule has 0 aliphatic heterocycles. The Hall–Kier alpha value is -5.06. The molecule has 0 atom stereocenters. The van der Waals surface area contributed by atoms with Crippen LogP contribution in [0.4, 0.5) is 0 Å². The smallest absolute Gasteiger partial charge is 0.503 e. The van der Waals surface area contributed by atoms with Crippen molar-refractivity contribution in [1.29, 1.82) is 0 Å². The Kier molecular flexibility index (Phi) is 11.5. The molecule has 55 heavy (non-hydrogen) atoms. The van der Waals surface area contributed by atoms with Crippen LogP contribution in [0.5, 0.6) is 23.0 Å². The molecule has 4 heterocycles. The minimum Gasteiger partial charge on any atom is -0.503 e. The molecule has 0 aliphatic carbocycles. The Morgan fingerprint density at radius 1 is 0.527 bits per heavy atom. The van der Waals surface area contributed by atoms with E-state index in [1.165, 1.54) is 23.8 Å². The van der Waals surface area contributed by atoms with Crippen molar-refractivity contribution < 1.29 is 51.0 Å². The van der Waals surface area contributed by atoms with E-state index in [1.807, 2.05) is 89.8 Å². The number of hydrogen-bond donors (Lipinski definition) is 0. The van der Waals surface area contributed by atoms with Crippen LogP contribution in [0.1, 0.15) is 52.7 Å². The molecule has 8 aromatic rings. The molecule has 8 rings (SSSR count). The molecule has 0 bridgehead atoms. The topological polar surface area (TPSA) is 87.8 Å². The first-order valence-electron chi connectivity index (χ1n) is 17.4. The van der Waals surface area contributed by atoms with Crippen LogP contribution in [-0.4, -0.2) is 29.5 Å². The van der Waals surface area contributed by atoms with E-state index < -0.39 is 0 Å². The molecule has 0 unspecified atom stereocenters. The van der Waals surface area contributed by atoms with Crippen molar-refractivity contribution in [2.24, 2.45) is 0 Å². The third-order valence-electron chi connectivity index (χ3n) is 8.99. The van der Waals surface area contributed by atoms with E-state index in [9.17, 15) is 0 Å². The van der Waals surface area contributed by atoms with Gasteiger partial charge in [-0.15, -0.1) is 71.8 Å². The maximum absolute atomic E-state index is 6.36. The Bertz CT molecular complexity index is 2450. The van der Waals surface area contributed by atoms with Crippen molar-refractivity contribution in [3.63, 3.8) is 0 Å². The standard InChI is InChI=1S/C45H36N6O2.Pd.Pt/c1-44(2,3)31-17-19-47-39(23-31)29-9-7-11-33(21-29)52-35-13-15-37-38-16-14-36(26-42(38)51(41(37)25-35)43-49-27-46-28-50-43)53-34-12-8-10-30(22-34)40-24-32(18-20-48-40)45(4,5)6;;/h7-20,23-24,27-28H,1-6H3;;/q-4;2*+2. The Labute approximate surface area is 349 Å². The van der Waals surface area contributed by atoms with Crippen LogP contribution in [0, 0.1) is 24.3 Å². The monoisotopic (exact) mass is 993 g/mol. The van der Waals surface area contributed by atoms with E-state index >= 15 is 0 Å². The van der Waals surface area contributed by atoms with Gasteiger partial charge in [0, 0.05) is 35.4 Å². The average Bonchev–Trinajstić information content (AvgIpc) is 3.47. The summed E-state index contributed by atoms with van der Waals surface area (Å²) in [5.74, 6) is 2.52. The molecule has 278 valence electrons. The minimum atomic E-state index is -0.00215. The molecule has 4 aromatic carbocycles. The zero-order valence-electron chi connectivity index (χ0n) is 31.0. The number of aromatic nitrogens is 6. The number of nitrogens with zero attached hydrogens (tertiary/aromatic N) is 6. The molecule has 0 saturated heterocycles. The Morgan fingerprint density at radius 2 is 0.964 bits per heavy atom. The van der Waals surface area contributed by atoms with Gasteiger partial charge in [-0.05, 0) is 45.5 Å². The summed E-state index contributed by atoms with van der Waals surface area (Å²) in [6, 6.07) is 41.4. The van der Waals surface area contributed by atoms with Gasteiger partial charge >= 0.3 is 41.5 Å². The summed E-state index contributed by atoms with van der Waals surface area (Å²) in [6.45, 7) is 13.1. The number of hydrogen-bond acceptors (Lipinski definition) is 7. The van der Waals surface area contributed by atoms with Crippen LogP contribution >= 0.6 is 0 Å². The number of rotatable bonds is 7. The molecule has 0 fully saturated rings. The Balaban J connectivity index is 0.00000257. The van der Waals surface area contributed by atoms with Gasteiger partial charge in [0.15, 0.2) is 0 Å². The van der Waals surface area contributed by atoms with Gasteiger partial charge in [0.25, 0.3) is 0 Å². The second-order valence-electron chi connectivity index (χ2n) is 14.9. The van der Waals surface area contributed by atoms with Crippen molar-refractivity contribution >= 4 is 21.8 Å². The second-order valence-corrected chi connectivity index (χ2v) is 14.9. The molecule has 10 heteroatoms. The first-order valence-corrected chi connectivity index (χ1v) is 17.4. The van der Waals surface area contributed by atoms with Gasteiger partial charge in [0.1, 0.15) is 12.7 Å². The number of fused-ring (bicyclic) bond motifs is 3. The fourth-order valence-electron chi connectivity index (χ4n) is 6.13. The van der Waals surface area contributed by atoms with Gasteiger partial charge < -0.3 is 24.0 Å². The number of pyridine rings is 2. The van der Waals surface area contributed by atoms with Crippen LogP contribution in [0.2, 0.25) is 0 Å². The maximum atomic E-state index is 6.36. The number of ether oxygens (including phenoxy) is 2. The maximum Gasteiger partial charge on any atom is 2.00 e. The summed E-state index contributed by atoms with van der Waals surface area (Å²) < 4.78 is 14.6. The van der Waals surface area contributed by atoms with Crippen molar-refractivity contribution in [2.45, 2.75) is 52.4 Å². The molecule has 8 nitrogen and oxygen atoms in total. The van der Waals surface area contributed by atoms with E-state index in [4.69, 9.17) is 9.47 Å². The third kappa shape index (κ3) is 8.45. The first kappa shape index (κ1) is 39.6. The van der Waals surface area contributed by atoms with Gasteiger partial charge in [-0.2, -0.15) is 22.9 Å². The fraction of sp³-hybridized carbons (Fsp3) is 0.178. The zero-order valence-corrected chi connectivity index (χ0v) is 34.9. The molecule has 0 aliphatic rings. The largest absolute Gasteiger partial charge is 2.00 e. The Morgan fingerprint density at radius 3 is 1.40 bits per heavy atom. The molecule has 0 spiro atoms. The van der Waals surface area contributed by atoms with Crippen molar-refractivity contribution in [3.05, 3.63) is 145 Å². The summed E-state index contributed by atoms with van der Waals surface area (Å²) in [6.07, 6.45) is 6.61. The molecule has 0 saturated carbocycles. The van der Waals surface area contributed by atoms with Crippen molar-refractivity contribution in [1.82, 2.24) is 29.5 Å². The predicted molar refractivity (Wildman–Crippen MR) is 206 cm³/mol. The SMILES string of the molecule is CC(C)(C)c1ccnc(-c2[c-]c(Oc3[c-]c4c(cc3)c3ccc(Oc5[c-]c(-c6cc(C(C)(C)C)ccn6)ccc5)[c-]c3n4-c3ncncn3)ccc2)c1.[Pd+2].[Pt+2]. The van der Waals surface area contributed by atoms with Crippen molar-refractivity contribution in [3.8, 4) is 51.5 Å². The molecule has 0 amide bonds. The summed E-state index contributed by atoms with van der Waals surface area (Å²) >= 11 is 0.